The molecule has 0 saturated carbocycles. The first-order chi connectivity index (χ1) is 21.3. The number of hydrogen-bond donors (Lipinski definition) is 6. The standard InChI is InChI=1S/C20H24N10O12P2S/c21-14-8-15(24-3-23-14)29(4-25-8)18-11(32)13-6(39-18)1-37-43(34,35)41-12-7(2-38-44(36,45)42-13)40-19(10(12)31)30-5-26-9-16(30)27-20(22)28-17(9)33/h3-7,10-13,18-19,31-32H,1-2H2,(H,34,35)(H,36,45)(H2,21,23,24)(H3,22,27,28,33)/p-1/t6-,7-,10-,11-,12-,13-,18-,19-,44?/m1/s1. The number of nitrogens with two attached hydrogens (primary N) is 2. The molecule has 2 unspecified atom stereocenters. The number of aromatic amines is 1. The lowest BCUT2D eigenvalue weighted by Crippen LogP contribution is -2.40. The average molecular weight is 689 g/mol. The zero-order chi connectivity index (χ0) is 31.8. The molecule has 3 aliphatic heterocycles. The van der Waals surface area contributed by atoms with Crippen LogP contribution in [0.5, 0.6) is 0 Å². The minimum atomic E-state index is -5.25. The molecule has 242 valence electrons. The summed E-state index contributed by atoms with van der Waals surface area (Å²) < 4.78 is 48.6. The number of phosphoric acid groups is 1. The third kappa shape index (κ3) is 5.44. The highest BCUT2D eigenvalue weighted by Crippen LogP contribution is 2.52. The van der Waals surface area contributed by atoms with E-state index in [9.17, 15) is 29.4 Å². The van der Waals surface area contributed by atoms with Gasteiger partial charge in [-0.3, -0.25) is 28.0 Å². The number of ether oxygens (including phenoxy) is 2. The van der Waals surface area contributed by atoms with Crippen molar-refractivity contribution in [2.24, 2.45) is 0 Å². The van der Waals surface area contributed by atoms with E-state index < -0.39 is 82.4 Å². The third-order valence-electron chi connectivity index (χ3n) is 7.31. The number of nitrogen functional groups attached to an aromatic ring is 2. The SMILES string of the molecule is Nc1nc2c(ncn2[C@@H]2O[C@@H]3COP(O)(=S)O[C@H]4[C@@H](O)[C@H](n5cnc6c(N)ncnc65)O[C@@H]4COP(=O)([O-])O[C@H]3[C@H]2O)c(=O)[nH]1. The summed E-state index contributed by atoms with van der Waals surface area (Å²) in [6.07, 6.45) is -8.36. The Bertz CT molecular complexity index is 1940. The lowest BCUT2D eigenvalue weighted by molar-refractivity contribution is -0.236. The molecule has 0 spiro atoms. The molecule has 10 atom stereocenters. The summed E-state index contributed by atoms with van der Waals surface area (Å²) >= 11 is 5.18. The third-order valence-corrected chi connectivity index (χ3v) is 9.84. The van der Waals surface area contributed by atoms with E-state index in [2.05, 4.69) is 29.9 Å². The fraction of sp³-hybridized carbons (Fsp3) is 0.500. The summed E-state index contributed by atoms with van der Waals surface area (Å²) in [5.74, 6) is -0.187. The molecular weight excluding hydrogens is 666 g/mol. The first-order valence-electron chi connectivity index (χ1n) is 12.9. The largest absolute Gasteiger partial charge is 0.756 e. The maximum atomic E-state index is 13.0. The van der Waals surface area contributed by atoms with Gasteiger partial charge in [0.25, 0.3) is 13.4 Å². The fourth-order valence-electron chi connectivity index (χ4n) is 5.31. The van der Waals surface area contributed by atoms with Crippen molar-refractivity contribution in [2.75, 3.05) is 24.7 Å². The van der Waals surface area contributed by atoms with Gasteiger partial charge in [-0.1, -0.05) is 0 Å². The molecule has 3 fully saturated rings. The van der Waals surface area contributed by atoms with Crippen molar-refractivity contribution in [3.05, 3.63) is 29.3 Å². The number of phosphoric ester groups is 1. The monoisotopic (exact) mass is 689 g/mol. The van der Waals surface area contributed by atoms with Crippen molar-refractivity contribution in [1.82, 2.24) is 39.0 Å². The van der Waals surface area contributed by atoms with Crippen molar-refractivity contribution in [3.63, 3.8) is 0 Å². The van der Waals surface area contributed by atoms with Gasteiger partial charge >= 0.3 is 6.72 Å². The number of aliphatic hydroxyl groups is 2. The zero-order valence-corrected chi connectivity index (χ0v) is 25.0. The second-order valence-electron chi connectivity index (χ2n) is 10.1. The summed E-state index contributed by atoms with van der Waals surface area (Å²) in [6, 6.07) is 0. The van der Waals surface area contributed by atoms with E-state index in [1.54, 1.807) is 0 Å². The Hall–Kier alpha value is -3.02. The highest BCUT2D eigenvalue weighted by molar-refractivity contribution is 8.07. The van der Waals surface area contributed by atoms with Gasteiger partial charge in [0, 0.05) is 0 Å². The number of aliphatic hydroxyl groups excluding tert-OH is 2. The summed E-state index contributed by atoms with van der Waals surface area (Å²) in [7, 11) is -5.25. The molecule has 25 heteroatoms. The van der Waals surface area contributed by atoms with E-state index in [1.807, 2.05) is 0 Å². The van der Waals surface area contributed by atoms with Crippen LogP contribution in [0.1, 0.15) is 12.5 Å². The lowest BCUT2D eigenvalue weighted by Gasteiger charge is -2.33. The molecule has 0 amide bonds. The van der Waals surface area contributed by atoms with Crippen molar-refractivity contribution in [3.8, 4) is 0 Å². The number of fused-ring (bicyclic) bond motifs is 4. The molecule has 4 aromatic rings. The van der Waals surface area contributed by atoms with Gasteiger partial charge in [-0.25, -0.2) is 19.9 Å². The minimum absolute atomic E-state index is 0.0634. The highest BCUT2D eigenvalue weighted by Gasteiger charge is 2.52. The maximum absolute atomic E-state index is 13.0. The van der Waals surface area contributed by atoms with E-state index in [4.69, 9.17) is 50.8 Å². The zero-order valence-electron chi connectivity index (χ0n) is 22.4. The highest BCUT2D eigenvalue weighted by atomic mass is 32.5. The summed E-state index contributed by atoms with van der Waals surface area (Å²) in [5, 5.41) is 22.3. The van der Waals surface area contributed by atoms with Crippen LogP contribution >= 0.6 is 14.5 Å². The first kappa shape index (κ1) is 30.6. The van der Waals surface area contributed by atoms with Gasteiger partial charge in [0.2, 0.25) is 5.95 Å². The second kappa shape index (κ2) is 11.1. The van der Waals surface area contributed by atoms with Gasteiger partial charge in [-0.2, -0.15) is 4.98 Å². The second-order valence-corrected chi connectivity index (χ2v) is 14.3. The number of H-pyrrole nitrogens is 1. The Morgan fingerprint density at radius 2 is 1.53 bits per heavy atom. The maximum Gasteiger partial charge on any atom is 0.325 e. The molecule has 4 aromatic heterocycles. The van der Waals surface area contributed by atoms with Crippen LogP contribution in [0, 0.1) is 0 Å². The van der Waals surface area contributed by atoms with Gasteiger partial charge in [-0.05, 0) is 11.8 Å². The van der Waals surface area contributed by atoms with Gasteiger partial charge in [0.05, 0.1) is 25.9 Å². The summed E-state index contributed by atoms with van der Waals surface area (Å²) in [5.41, 5.74) is 11.0. The quantitative estimate of drug-likeness (QED) is 0.115. The molecule has 7 rings (SSSR count). The fourth-order valence-corrected chi connectivity index (χ4v) is 7.70. The van der Waals surface area contributed by atoms with Crippen molar-refractivity contribution in [2.45, 2.75) is 49.1 Å². The Labute approximate surface area is 254 Å². The number of hydrogen-bond acceptors (Lipinski definition) is 19. The van der Waals surface area contributed by atoms with Crippen molar-refractivity contribution in [1.29, 1.82) is 0 Å². The van der Waals surface area contributed by atoms with Crippen LogP contribution in [-0.4, -0.2) is 104 Å². The number of anilines is 2. The topological polar surface area (TPSA) is 315 Å². The molecule has 3 aliphatic rings. The van der Waals surface area contributed by atoms with Crippen molar-refractivity contribution >= 4 is 60.4 Å². The van der Waals surface area contributed by atoms with Crippen LogP contribution in [0.4, 0.5) is 11.8 Å². The van der Waals surface area contributed by atoms with Gasteiger partial charge in [0.1, 0.15) is 48.5 Å². The number of nitrogens with one attached hydrogen (secondary N) is 1. The smallest absolute Gasteiger partial charge is 0.325 e. The van der Waals surface area contributed by atoms with Gasteiger partial charge < -0.3 is 54.5 Å². The Balaban J connectivity index is 1.17. The van der Waals surface area contributed by atoms with Crippen LogP contribution in [0.2, 0.25) is 0 Å². The molecule has 0 radical (unpaired) electrons. The molecule has 0 bridgehead atoms. The molecule has 7 heterocycles. The summed E-state index contributed by atoms with van der Waals surface area (Å²) in [4.78, 5) is 58.5. The lowest BCUT2D eigenvalue weighted by atomic mass is 10.1. The van der Waals surface area contributed by atoms with Gasteiger partial charge in [0.15, 0.2) is 35.1 Å². The number of imidazole rings is 2. The van der Waals surface area contributed by atoms with Crippen LogP contribution in [0.3, 0.4) is 0 Å². The molecule has 0 aromatic carbocycles. The predicted molar refractivity (Wildman–Crippen MR) is 148 cm³/mol. The van der Waals surface area contributed by atoms with E-state index in [-0.39, 0.29) is 34.1 Å². The van der Waals surface area contributed by atoms with Crippen LogP contribution in [0.15, 0.2) is 23.8 Å². The molecule has 45 heavy (non-hydrogen) atoms. The van der Waals surface area contributed by atoms with Crippen LogP contribution < -0.4 is 21.9 Å². The Kier molecular flexibility index (Phi) is 7.52. The summed E-state index contributed by atoms with van der Waals surface area (Å²) in [6.45, 7) is -5.67. The number of nitrogens with zero attached hydrogens (tertiary/aromatic N) is 7. The predicted octanol–water partition coefficient (Wildman–Crippen LogP) is -2.86. The van der Waals surface area contributed by atoms with E-state index in [0.29, 0.717) is 0 Å². The average Bonchev–Trinajstić information content (AvgIpc) is 3.72. The molecule has 3 saturated heterocycles. The Morgan fingerprint density at radius 1 is 0.933 bits per heavy atom. The Morgan fingerprint density at radius 3 is 2.22 bits per heavy atom. The van der Waals surface area contributed by atoms with E-state index >= 15 is 0 Å². The molecule has 22 nitrogen and oxygen atoms in total. The van der Waals surface area contributed by atoms with Gasteiger partial charge in [-0.15, -0.1) is 0 Å². The molecule has 8 N–H and O–H groups in total. The molecule has 0 aliphatic carbocycles. The van der Waals surface area contributed by atoms with Crippen LogP contribution in [-0.2, 0) is 43.9 Å². The number of rotatable bonds is 2. The normalized spacial score (nSPS) is 37.7. The minimum Gasteiger partial charge on any atom is -0.756 e. The first-order valence-corrected chi connectivity index (χ1v) is 17.0. The van der Waals surface area contributed by atoms with E-state index in [1.165, 1.54) is 17.2 Å². The number of aromatic nitrogens is 8. The van der Waals surface area contributed by atoms with Crippen LogP contribution in [0.25, 0.3) is 22.3 Å². The molecular formula is C20H23N10O12P2S-. The van der Waals surface area contributed by atoms with E-state index in [0.717, 1.165) is 10.9 Å². The van der Waals surface area contributed by atoms with Crippen molar-refractivity contribution < 1.29 is 52.1 Å².